The summed E-state index contributed by atoms with van der Waals surface area (Å²) in [5.41, 5.74) is 5.67. The largest absolute Gasteiger partial charge is 0.299 e. The van der Waals surface area contributed by atoms with Crippen molar-refractivity contribution in [2.75, 3.05) is 0 Å². The average Bonchev–Trinajstić information content (AvgIpc) is 2.66. The minimum absolute atomic E-state index is 0.0417. The second kappa shape index (κ2) is 8.52. The van der Waals surface area contributed by atoms with Gasteiger partial charge in [-0.25, -0.2) is 0 Å². The van der Waals surface area contributed by atoms with E-state index in [9.17, 15) is 4.79 Å². The van der Waals surface area contributed by atoms with Crippen LogP contribution in [-0.4, -0.2) is 10.8 Å². The summed E-state index contributed by atoms with van der Waals surface area (Å²) in [6.45, 7) is 8.63. The Balaban J connectivity index is 1.70. The van der Waals surface area contributed by atoms with E-state index in [1.165, 1.54) is 5.56 Å². The highest BCUT2D eigenvalue weighted by Crippen LogP contribution is 2.38. The number of hydrogen-bond acceptors (Lipinski definition) is 2. The molecule has 0 spiro atoms. The normalized spacial score (nSPS) is 12.6. The van der Waals surface area contributed by atoms with Crippen molar-refractivity contribution >= 4 is 5.78 Å². The molecule has 1 aromatic heterocycles. The lowest BCUT2D eigenvalue weighted by Gasteiger charge is -2.31. The number of carbonyl (C=O) groups excluding carboxylic acids is 1. The summed E-state index contributed by atoms with van der Waals surface area (Å²) in [6, 6.07) is 22.8. The van der Waals surface area contributed by atoms with Crippen molar-refractivity contribution in [3.05, 3.63) is 89.7 Å². The molecule has 3 rings (SSSR count). The van der Waals surface area contributed by atoms with Crippen LogP contribution >= 0.6 is 0 Å². The maximum Gasteiger partial charge on any atom is 0.137 e. The summed E-state index contributed by atoms with van der Waals surface area (Å²) in [7, 11) is 0. The molecule has 1 heterocycles. The lowest BCUT2D eigenvalue weighted by Crippen LogP contribution is -2.22. The zero-order valence-electron chi connectivity index (χ0n) is 17.3. The minimum Gasteiger partial charge on any atom is -0.299 e. The van der Waals surface area contributed by atoms with Gasteiger partial charge in [-0.2, -0.15) is 0 Å². The molecule has 0 radical (unpaired) electrons. The lowest BCUT2D eigenvalue weighted by molar-refractivity contribution is -0.119. The first-order chi connectivity index (χ1) is 13.3. The third kappa shape index (κ3) is 5.16. The predicted molar refractivity (Wildman–Crippen MR) is 116 cm³/mol. The van der Waals surface area contributed by atoms with E-state index >= 15 is 0 Å². The number of ketones is 1. The fraction of sp³-hybridized carbons (Fsp3) is 0.308. The molecule has 0 saturated carbocycles. The van der Waals surface area contributed by atoms with E-state index in [4.69, 9.17) is 0 Å². The van der Waals surface area contributed by atoms with Crippen molar-refractivity contribution in [1.82, 2.24) is 4.98 Å². The molecular weight excluding hydrogens is 342 g/mol. The Morgan fingerprint density at radius 1 is 0.929 bits per heavy atom. The second-order valence-electron chi connectivity index (χ2n) is 8.63. The Bertz CT molecular complexity index is 921. The number of hydrogen-bond donors (Lipinski definition) is 0. The van der Waals surface area contributed by atoms with Gasteiger partial charge < -0.3 is 0 Å². The molecule has 0 saturated heterocycles. The van der Waals surface area contributed by atoms with Crippen molar-refractivity contribution < 1.29 is 4.79 Å². The molecule has 3 aromatic rings. The average molecular weight is 372 g/mol. The molecule has 0 N–H and O–H groups in total. The number of Topliss-reactive ketones (excluding diaryl/α,β-unsaturated/α-hetero) is 1. The SMILES string of the molecule is Cc1cc(-c2ccc(CC(=O)CC(c3ccccc3)C(C)(C)C)cc2)ccn1. The van der Waals surface area contributed by atoms with E-state index in [0.29, 0.717) is 12.8 Å². The van der Waals surface area contributed by atoms with Gasteiger partial charge in [0, 0.05) is 24.7 Å². The molecule has 0 amide bonds. The zero-order chi connectivity index (χ0) is 20.1. The quantitative estimate of drug-likeness (QED) is 0.502. The molecule has 0 bridgehead atoms. The van der Waals surface area contributed by atoms with Crippen LogP contribution in [0.15, 0.2) is 72.9 Å². The Hall–Kier alpha value is -2.74. The number of aromatic nitrogens is 1. The number of rotatable bonds is 6. The van der Waals surface area contributed by atoms with E-state index in [1.54, 1.807) is 0 Å². The zero-order valence-corrected chi connectivity index (χ0v) is 17.3. The van der Waals surface area contributed by atoms with Crippen LogP contribution in [0.5, 0.6) is 0 Å². The Morgan fingerprint density at radius 2 is 1.61 bits per heavy atom. The standard InChI is InChI=1S/C26H29NO/c1-19-16-23(14-15-27-19)21-12-10-20(11-13-21)17-24(28)18-25(26(2,3)4)22-8-6-5-7-9-22/h5-16,25H,17-18H2,1-4H3. The number of pyridine rings is 1. The number of carbonyl (C=O) groups is 1. The van der Waals surface area contributed by atoms with Gasteiger partial charge in [-0.3, -0.25) is 9.78 Å². The molecule has 2 aromatic carbocycles. The Kier molecular flexibility index (Phi) is 6.08. The summed E-state index contributed by atoms with van der Waals surface area (Å²) in [6.07, 6.45) is 2.88. The van der Waals surface area contributed by atoms with Crippen molar-refractivity contribution in [2.24, 2.45) is 5.41 Å². The summed E-state index contributed by atoms with van der Waals surface area (Å²) in [5, 5.41) is 0. The molecule has 0 aliphatic carbocycles. The topological polar surface area (TPSA) is 30.0 Å². The van der Waals surface area contributed by atoms with Gasteiger partial charge in [-0.1, -0.05) is 75.4 Å². The molecule has 144 valence electrons. The van der Waals surface area contributed by atoms with E-state index in [1.807, 2.05) is 25.3 Å². The first-order valence-corrected chi connectivity index (χ1v) is 9.91. The molecule has 0 aliphatic rings. The fourth-order valence-corrected chi connectivity index (χ4v) is 3.68. The van der Waals surface area contributed by atoms with Gasteiger partial charge in [0.2, 0.25) is 0 Å². The van der Waals surface area contributed by atoms with Crippen LogP contribution < -0.4 is 0 Å². The summed E-state index contributed by atoms with van der Waals surface area (Å²) in [5.74, 6) is 0.511. The third-order valence-electron chi connectivity index (χ3n) is 5.26. The van der Waals surface area contributed by atoms with Crippen LogP contribution in [0.2, 0.25) is 0 Å². The maximum absolute atomic E-state index is 12.8. The van der Waals surface area contributed by atoms with Gasteiger partial charge in [-0.15, -0.1) is 0 Å². The van der Waals surface area contributed by atoms with Crippen LogP contribution in [0, 0.1) is 12.3 Å². The molecule has 2 heteroatoms. The van der Waals surface area contributed by atoms with Gasteiger partial charge in [0.15, 0.2) is 0 Å². The van der Waals surface area contributed by atoms with Crippen LogP contribution in [0.4, 0.5) is 0 Å². The number of aryl methyl sites for hydroxylation is 1. The van der Waals surface area contributed by atoms with Gasteiger partial charge >= 0.3 is 0 Å². The Labute approximate surface area is 168 Å². The fourth-order valence-electron chi connectivity index (χ4n) is 3.68. The molecule has 1 atom stereocenters. The van der Waals surface area contributed by atoms with Gasteiger partial charge in [0.05, 0.1) is 0 Å². The third-order valence-corrected chi connectivity index (χ3v) is 5.26. The van der Waals surface area contributed by atoms with Crippen LogP contribution in [-0.2, 0) is 11.2 Å². The minimum atomic E-state index is 0.0417. The highest BCUT2D eigenvalue weighted by atomic mass is 16.1. The van der Waals surface area contributed by atoms with Crippen molar-refractivity contribution in [3.8, 4) is 11.1 Å². The van der Waals surface area contributed by atoms with E-state index in [2.05, 4.69) is 80.4 Å². The van der Waals surface area contributed by atoms with Gasteiger partial charge in [0.25, 0.3) is 0 Å². The molecule has 2 nitrogen and oxygen atoms in total. The molecule has 0 fully saturated rings. The van der Waals surface area contributed by atoms with Crippen LogP contribution in [0.1, 0.15) is 49.9 Å². The summed E-state index contributed by atoms with van der Waals surface area (Å²) >= 11 is 0. The first kappa shape index (κ1) is 20.0. The summed E-state index contributed by atoms with van der Waals surface area (Å²) < 4.78 is 0. The van der Waals surface area contributed by atoms with Gasteiger partial charge in [-0.05, 0) is 52.6 Å². The number of nitrogens with zero attached hydrogens (tertiary/aromatic N) is 1. The predicted octanol–water partition coefficient (Wildman–Crippen LogP) is 6.39. The first-order valence-electron chi connectivity index (χ1n) is 9.91. The van der Waals surface area contributed by atoms with Crippen LogP contribution in [0.25, 0.3) is 11.1 Å². The molecule has 28 heavy (non-hydrogen) atoms. The number of benzene rings is 2. The maximum atomic E-state index is 12.8. The van der Waals surface area contributed by atoms with Crippen molar-refractivity contribution in [3.63, 3.8) is 0 Å². The second-order valence-corrected chi connectivity index (χ2v) is 8.63. The highest BCUT2D eigenvalue weighted by Gasteiger charge is 2.28. The van der Waals surface area contributed by atoms with E-state index in [-0.39, 0.29) is 17.1 Å². The summed E-state index contributed by atoms with van der Waals surface area (Å²) in [4.78, 5) is 17.1. The van der Waals surface area contributed by atoms with E-state index in [0.717, 1.165) is 22.4 Å². The van der Waals surface area contributed by atoms with Crippen molar-refractivity contribution in [1.29, 1.82) is 0 Å². The monoisotopic (exact) mass is 371 g/mol. The van der Waals surface area contributed by atoms with Gasteiger partial charge in [0.1, 0.15) is 5.78 Å². The van der Waals surface area contributed by atoms with E-state index < -0.39 is 0 Å². The molecule has 0 aliphatic heterocycles. The Morgan fingerprint density at radius 3 is 2.21 bits per heavy atom. The highest BCUT2D eigenvalue weighted by molar-refractivity contribution is 5.82. The molecular formula is C26H29NO. The molecule has 1 unspecified atom stereocenters. The van der Waals surface area contributed by atoms with Crippen molar-refractivity contribution in [2.45, 2.75) is 46.5 Å². The van der Waals surface area contributed by atoms with Crippen LogP contribution in [0.3, 0.4) is 0 Å². The smallest absolute Gasteiger partial charge is 0.137 e. The lowest BCUT2D eigenvalue weighted by atomic mass is 9.73.